The van der Waals surface area contributed by atoms with E-state index in [2.05, 4.69) is 5.32 Å². The van der Waals surface area contributed by atoms with Crippen molar-refractivity contribution in [1.82, 2.24) is 5.32 Å². The van der Waals surface area contributed by atoms with Crippen LogP contribution in [0.4, 0.5) is 0 Å². The van der Waals surface area contributed by atoms with E-state index in [1.165, 1.54) is 6.92 Å². The monoisotopic (exact) mass is 341 g/mol. The first-order chi connectivity index (χ1) is 11.4. The van der Waals surface area contributed by atoms with Gasteiger partial charge in [0, 0.05) is 6.92 Å². The van der Waals surface area contributed by atoms with E-state index in [4.69, 9.17) is 9.47 Å². The number of aliphatic hydroxyl groups is 3. The Morgan fingerprint density at radius 1 is 1.25 bits per heavy atom. The highest BCUT2D eigenvalue weighted by atomic mass is 16.7. The molecule has 1 aliphatic heterocycles. The highest BCUT2D eigenvalue weighted by molar-refractivity contribution is 5.73. The third-order valence-electron chi connectivity index (χ3n) is 3.86. The molecule has 0 bridgehead atoms. The quantitative estimate of drug-likeness (QED) is 0.444. The lowest BCUT2D eigenvalue weighted by molar-refractivity contribution is -0.269. The summed E-state index contributed by atoms with van der Waals surface area (Å²) in [4.78, 5) is 11.3. The summed E-state index contributed by atoms with van der Waals surface area (Å²) in [6, 6.07) is 5.69. The minimum Gasteiger partial charge on any atom is -0.508 e. The summed E-state index contributed by atoms with van der Waals surface area (Å²) in [5.74, 6) is -0.228. The predicted molar refractivity (Wildman–Crippen MR) is 83.1 cm³/mol. The Bertz CT molecular complexity index is 536. The number of aliphatic hydroxyl groups excluding tert-OH is 3. The van der Waals surface area contributed by atoms with Gasteiger partial charge in [-0.05, 0) is 24.1 Å². The van der Waals surface area contributed by atoms with E-state index in [1.54, 1.807) is 24.3 Å². The van der Waals surface area contributed by atoms with E-state index >= 15 is 0 Å². The van der Waals surface area contributed by atoms with Gasteiger partial charge in [-0.1, -0.05) is 12.1 Å². The average molecular weight is 341 g/mol. The van der Waals surface area contributed by atoms with Gasteiger partial charge < -0.3 is 35.2 Å². The van der Waals surface area contributed by atoms with Crippen LogP contribution in [0.25, 0.3) is 0 Å². The second kappa shape index (κ2) is 8.41. The summed E-state index contributed by atoms with van der Waals surface area (Å²) in [6.07, 6.45) is -4.12. The van der Waals surface area contributed by atoms with Crippen LogP contribution < -0.4 is 5.32 Å². The van der Waals surface area contributed by atoms with Crippen molar-refractivity contribution in [2.75, 3.05) is 13.2 Å². The number of aromatic hydroxyl groups is 1. The molecule has 0 spiro atoms. The largest absolute Gasteiger partial charge is 0.508 e. The molecule has 0 saturated carbocycles. The van der Waals surface area contributed by atoms with Crippen LogP contribution in [0, 0.1) is 0 Å². The molecule has 1 amide bonds. The molecule has 1 heterocycles. The molecule has 1 aliphatic rings. The molecule has 5 atom stereocenters. The fraction of sp³-hybridized carbons (Fsp3) is 0.562. The van der Waals surface area contributed by atoms with E-state index in [-0.39, 0.29) is 12.4 Å². The third kappa shape index (κ3) is 4.65. The fourth-order valence-electron chi connectivity index (χ4n) is 2.57. The maximum atomic E-state index is 11.3. The van der Waals surface area contributed by atoms with E-state index in [0.29, 0.717) is 6.42 Å². The number of carbonyl (C=O) groups excluding carboxylic acids is 1. The van der Waals surface area contributed by atoms with Crippen LogP contribution >= 0.6 is 0 Å². The molecule has 0 radical (unpaired) electrons. The number of hydrogen-bond donors (Lipinski definition) is 5. The number of hydrogen-bond acceptors (Lipinski definition) is 7. The van der Waals surface area contributed by atoms with Crippen molar-refractivity contribution in [3.05, 3.63) is 29.8 Å². The first-order valence-corrected chi connectivity index (χ1v) is 7.71. The van der Waals surface area contributed by atoms with Crippen LogP contribution in [0.2, 0.25) is 0 Å². The minimum atomic E-state index is -1.33. The van der Waals surface area contributed by atoms with Gasteiger partial charge in [0.25, 0.3) is 0 Å². The highest BCUT2D eigenvalue weighted by Crippen LogP contribution is 2.22. The zero-order valence-corrected chi connectivity index (χ0v) is 13.3. The smallest absolute Gasteiger partial charge is 0.217 e. The summed E-state index contributed by atoms with van der Waals surface area (Å²) in [6.45, 7) is 1.03. The molecule has 0 aliphatic carbocycles. The van der Waals surface area contributed by atoms with Crippen LogP contribution in [0.1, 0.15) is 12.5 Å². The third-order valence-corrected chi connectivity index (χ3v) is 3.86. The second-order valence-corrected chi connectivity index (χ2v) is 5.72. The molecule has 8 heteroatoms. The summed E-state index contributed by atoms with van der Waals surface area (Å²) in [7, 11) is 0. The molecule has 0 aromatic heterocycles. The Labute approximate surface area is 139 Å². The van der Waals surface area contributed by atoms with Crippen LogP contribution in [0.5, 0.6) is 5.75 Å². The minimum absolute atomic E-state index is 0.170. The van der Waals surface area contributed by atoms with Gasteiger partial charge in [0.05, 0.1) is 13.2 Å². The van der Waals surface area contributed by atoms with Crippen molar-refractivity contribution in [3.8, 4) is 5.75 Å². The Balaban J connectivity index is 1.97. The first kappa shape index (κ1) is 18.6. The Kier molecular flexibility index (Phi) is 6.52. The van der Waals surface area contributed by atoms with Crippen molar-refractivity contribution >= 4 is 5.91 Å². The molecule has 5 N–H and O–H groups in total. The van der Waals surface area contributed by atoms with E-state index in [0.717, 1.165) is 5.56 Å². The number of rotatable bonds is 6. The van der Waals surface area contributed by atoms with Gasteiger partial charge in [-0.3, -0.25) is 4.79 Å². The summed E-state index contributed by atoms with van der Waals surface area (Å²) in [5, 5.41) is 41.0. The molecule has 1 saturated heterocycles. The molecule has 0 unspecified atom stereocenters. The predicted octanol–water partition coefficient (Wildman–Crippen LogP) is -1.11. The van der Waals surface area contributed by atoms with Gasteiger partial charge in [-0.2, -0.15) is 0 Å². The number of phenolic OH excluding ortho intramolecular Hbond substituents is 1. The van der Waals surface area contributed by atoms with Crippen LogP contribution in [-0.4, -0.2) is 70.2 Å². The zero-order chi connectivity index (χ0) is 17.7. The number of phenols is 1. The van der Waals surface area contributed by atoms with E-state index in [1.807, 2.05) is 0 Å². The molecule has 2 rings (SSSR count). The summed E-state index contributed by atoms with van der Waals surface area (Å²) < 4.78 is 11.1. The normalized spacial score (nSPS) is 30.1. The zero-order valence-electron chi connectivity index (χ0n) is 13.3. The molecule has 134 valence electrons. The van der Waals surface area contributed by atoms with Crippen LogP contribution in [-0.2, 0) is 20.7 Å². The maximum Gasteiger partial charge on any atom is 0.217 e. The lowest BCUT2D eigenvalue weighted by Crippen LogP contribution is -2.64. The van der Waals surface area contributed by atoms with Crippen LogP contribution in [0.3, 0.4) is 0 Å². The van der Waals surface area contributed by atoms with Gasteiger partial charge in [0.1, 0.15) is 30.1 Å². The lowest BCUT2D eigenvalue weighted by atomic mass is 9.97. The van der Waals surface area contributed by atoms with Gasteiger partial charge in [0.2, 0.25) is 5.91 Å². The summed E-state index contributed by atoms with van der Waals surface area (Å²) in [5.41, 5.74) is 0.930. The topological polar surface area (TPSA) is 128 Å². The molecule has 8 nitrogen and oxygen atoms in total. The maximum absolute atomic E-state index is 11.3. The number of ether oxygens (including phenoxy) is 2. The van der Waals surface area contributed by atoms with E-state index < -0.39 is 43.2 Å². The molecular weight excluding hydrogens is 318 g/mol. The number of benzene rings is 1. The average Bonchev–Trinajstić information content (AvgIpc) is 2.55. The molecule has 1 aromatic rings. The van der Waals surface area contributed by atoms with Crippen molar-refractivity contribution < 1.29 is 34.7 Å². The number of nitrogens with one attached hydrogen (secondary N) is 1. The van der Waals surface area contributed by atoms with Crippen molar-refractivity contribution in [2.24, 2.45) is 0 Å². The van der Waals surface area contributed by atoms with E-state index in [9.17, 15) is 25.2 Å². The number of carbonyl (C=O) groups is 1. The SMILES string of the molecule is CC(=O)N[C@H]1[C@H](OCCc2ccc(O)cc2)O[C@H](CO)[C@@H](O)[C@@H]1O. The molecule has 1 fully saturated rings. The molecule has 24 heavy (non-hydrogen) atoms. The van der Waals surface area contributed by atoms with Crippen LogP contribution in [0.15, 0.2) is 24.3 Å². The Hall–Kier alpha value is -1.71. The fourth-order valence-corrected chi connectivity index (χ4v) is 2.57. The summed E-state index contributed by atoms with van der Waals surface area (Å²) >= 11 is 0. The standard InChI is InChI=1S/C16H23NO7/c1-9(19)17-13-15(22)14(21)12(8-18)24-16(13)23-7-6-10-2-4-11(20)5-3-10/h2-5,12-16,18,20-22H,6-8H2,1H3,(H,17,19)/t12-,13-,14-,15-,16-/m1/s1. The molecule has 1 aromatic carbocycles. The first-order valence-electron chi connectivity index (χ1n) is 7.71. The second-order valence-electron chi connectivity index (χ2n) is 5.72. The van der Waals surface area contributed by atoms with Gasteiger partial charge in [-0.15, -0.1) is 0 Å². The Morgan fingerprint density at radius 3 is 2.50 bits per heavy atom. The van der Waals surface area contributed by atoms with Gasteiger partial charge in [0.15, 0.2) is 6.29 Å². The van der Waals surface area contributed by atoms with Crippen molar-refractivity contribution in [2.45, 2.75) is 44.0 Å². The number of amides is 1. The Morgan fingerprint density at radius 2 is 1.92 bits per heavy atom. The highest BCUT2D eigenvalue weighted by Gasteiger charge is 2.45. The van der Waals surface area contributed by atoms with Gasteiger partial charge in [-0.25, -0.2) is 0 Å². The van der Waals surface area contributed by atoms with Crippen molar-refractivity contribution in [3.63, 3.8) is 0 Å². The lowest BCUT2D eigenvalue weighted by Gasteiger charge is -2.42. The van der Waals surface area contributed by atoms with Gasteiger partial charge >= 0.3 is 0 Å². The molecular formula is C16H23NO7. The van der Waals surface area contributed by atoms with Crippen molar-refractivity contribution in [1.29, 1.82) is 0 Å².